The number of hydrogen-bond acceptors (Lipinski definition) is 6. The number of carbonyl (C=O) groups is 1. The van der Waals surface area contributed by atoms with Crippen LogP contribution in [0.25, 0.3) is 5.57 Å². The quantitative estimate of drug-likeness (QED) is 0.156. The Balaban J connectivity index is 3.12. The van der Waals surface area contributed by atoms with E-state index in [0.29, 0.717) is 18.4 Å². The lowest BCUT2D eigenvalue weighted by Crippen LogP contribution is -2.53. The first-order chi connectivity index (χ1) is 12.3. The highest BCUT2D eigenvalue weighted by Crippen LogP contribution is 2.27. The Kier molecular flexibility index (Phi) is 7.89. The van der Waals surface area contributed by atoms with E-state index < -0.39 is 27.6 Å². The van der Waals surface area contributed by atoms with Gasteiger partial charge in [-0.05, 0) is 18.9 Å². The van der Waals surface area contributed by atoms with Crippen LogP contribution in [0, 0.1) is 20.2 Å². The second-order valence-corrected chi connectivity index (χ2v) is 6.07. The van der Waals surface area contributed by atoms with Crippen molar-refractivity contribution in [2.45, 2.75) is 58.2 Å². The van der Waals surface area contributed by atoms with E-state index in [9.17, 15) is 25.0 Å². The third kappa shape index (κ3) is 5.11. The van der Waals surface area contributed by atoms with Crippen molar-refractivity contribution in [2.24, 2.45) is 0 Å². The molecule has 142 valence electrons. The molecule has 0 aromatic heterocycles. The van der Waals surface area contributed by atoms with E-state index in [2.05, 4.69) is 0 Å². The number of esters is 1. The van der Waals surface area contributed by atoms with Crippen molar-refractivity contribution in [2.75, 3.05) is 0 Å². The molecule has 0 spiro atoms. The zero-order chi connectivity index (χ0) is 19.7. The average molecular weight is 364 g/mol. The van der Waals surface area contributed by atoms with Crippen molar-refractivity contribution in [3.8, 4) is 0 Å². The van der Waals surface area contributed by atoms with E-state index in [4.69, 9.17) is 4.74 Å². The standard InChI is InChI=1S/C18H24N2O6/c1-4-6-8-13-16(19(22)23)18(3,20(24)25)26-17(21)15(5-2)14-11-9-7-10-12-14/h5,7,9-12,16H,4,6,8,13H2,1-3H3/b15-5+. The Morgan fingerprint density at radius 2 is 1.85 bits per heavy atom. The maximum atomic E-state index is 12.5. The van der Waals surface area contributed by atoms with E-state index in [1.165, 1.54) is 6.08 Å². The normalized spacial score (nSPS) is 15.0. The fraction of sp³-hybridized carbons (Fsp3) is 0.500. The number of rotatable bonds is 10. The molecule has 0 aliphatic carbocycles. The summed E-state index contributed by atoms with van der Waals surface area (Å²) in [6, 6.07) is 6.88. The molecule has 0 bridgehead atoms. The smallest absolute Gasteiger partial charge is 0.387 e. The predicted octanol–water partition coefficient (Wildman–Crippen LogP) is 3.85. The Morgan fingerprint density at radius 3 is 2.31 bits per heavy atom. The van der Waals surface area contributed by atoms with Gasteiger partial charge >= 0.3 is 17.7 Å². The first kappa shape index (κ1) is 21.3. The summed E-state index contributed by atoms with van der Waals surface area (Å²) >= 11 is 0. The van der Waals surface area contributed by atoms with E-state index in [-0.39, 0.29) is 12.0 Å². The van der Waals surface area contributed by atoms with Gasteiger partial charge in [-0.25, -0.2) is 4.79 Å². The highest BCUT2D eigenvalue weighted by Gasteiger charge is 2.57. The molecule has 0 radical (unpaired) electrons. The topological polar surface area (TPSA) is 113 Å². The van der Waals surface area contributed by atoms with Crippen molar-refractivity contribution < 1.29 is 19.4 Å². The molecule has 0 aliphatic heterocycles. The van der Waals surface area contributed by atoms with Crippen LogP contribution in [0.3, 0.4) is 0 Å². The summed E-state index contributed by atoms with van der Waals surface area (Å²) in [4.78, 5) is 33.9. The van der Waals surface area contributed by atoms with Crippen LogP contribution in [0.1, 0.15) is 52.0 Å². The lowest BCUT2D eigenvalue weighted by atomic mass is 9.99. The molecule has 0 fully saturated rings. The fourth-order valence-corrected chi connectivity index (χ4v) is 2.65. The summed E-state index contributed by atoms with van der Waals surface area (Å²) in [6.07, 6.45) is 3.39. The van der Waals surface area contributed by atoms with Gasteiger partial charge in [0.1, 0.15) is 0 Å². The summed E-state index contributed by atoms with van der Waals surface area (Å²) in [5.74, 6) is -0.958. The van der Waals surface area contributed by atoms with Gasteiger partial charge in [-0.15, -0.1) is 0 Å². The van der Waals surface area contributed by atoms with Gasteiger partial charge in [0.05, 0.1) is 17.4 Å². The van der Waals surface area contributed by atoms with Gasteiger partial charge in [-0.1, -0.05) is 56.2 Å². The van der Waals surface area contributed by atoms with Crippen molar-refractivity contribution in [1.29, 1.82) is 0 Å². The zero-order valence-corrected chi connectivity index (χ0v) is 15.2. The van der Waals surface area contributed by atoms with Crippen LogP contribution >= 0.6 is 0 Å². The minimum atomic E-state index is -2.45. The number of benzene rings is 1. The Bertz CT molecular complexity index is 674. The Labute approximate surface area is 152 Å². The molecule has 0 N–H and O–H groups in total. The average Bonchev–Trinajstić information content (AvgIpc) is 2.59. The van der Waals surface area contributed by atoms with E-state index >= 15 is 0 Å². The number of hydrogen-bond donors (Lipinski definition) is 0. The SMILES string of the molecule is C/C=C(/C(=O)OC(C)(C(CCCCC)[N+](=O)[O-])[N+](=O)[O-])c1ccccc1. The summed E-state index contributed by atoms with van der Waals surface area (Å²) in [5, 5.41) is 23.0. The van der Waals surface area contributed by atoms with Gasteiger partial charge in [-0.2, -0.15) is 0 Å². The van der Waals surface area contributed by atoms with E-state index in [0.717, 1.165) is 13.3 Å². The lowest BCUT2D eigenvalue weighted by molar-refractivity contribution is -0.689. The van der Waals surface area contributed by atoms with E-state index in [1.54, 1.807) is 37.3 Å². The van der Waals surface area contributed by atoms with Gasteiger partial charge in [-0.3, -0.25) is 20.2 Å². The minimum Gasteiger partial charge on any atom is -0.387 e. The number of unbranched alkanes of at least 4 members (excludes halogenated alkanes) is 2. The van der Waals surface area contributed by atoms with Crippen LogP contribution in [-0.2, 0) is 9.53 Å². The predicted molar refractivity (Wildman–Crippen MR) is 96.5 cm³/mol. The van der Waals surface area contributed by atoms with Gasteiger partial charge in [0.25, 0.3) is 0 Å². The lowest BCUT2D eigenvalue weighted by Gasteiger charge is -2.24. The highest BCUT2D eigenvalue weighted by molar-refractivity contribution is 6.16. The molecule has 0 saturated heterocycles. The van der Waals surface area contributed by atoms with Crippen LogP contribution in [0.4, 0.5) is 0 Å². The fourth-order valence-electron chi connectivity index (χ4n) is 2.65. The minimum absolute atomic E-state index is 0.0396. The van der Waals surface area contributed by atoms with Crippen molar-refractivity contribution in [3.05, 3.63) is 62.2 Å². The third-order valence-corrected chi connectivity index (χ3v) is 4.21. The summed E-state index contributed by atoms with van der Waals surface area (Å²) in [6.45, 7) is 4.51. The molecule has 8 nitrogen and oxygen atoms in total. The molecular formula is C18H24N2O6. The first-order valence-electron chi connectivity index (χ1n) is 8.51. The largest absolute Gasteiger partial charge is 0.429 e. The molecule has 8 heteroatoms. The second-order valence-electron chi connectivity index (χ2n) is 6.07. The summed E-state index contributed by atoms with van der Waals surface area (Å²) in [7, 11) is 0. The maximum absolute atomic E-state index is 12.5. The monoisotopic (exact) mass is 364 g/mol. The molecule has 0 heterocycles. The van der Waals surface area contributed by atoms with Crippen molar-refractivity contribution >= 4 is 11.5 Å². The van der Waals surface area contributed by atoms with Gasteiger partial charge in [0.2, 0.25) is 0 Å². The summed E-state index contributed by atoms with van der Waals surface area (Å²) in [5.41, 5.74) is -1.80. The van der Waals surface area contributed by atoms with Gasteiger partial charge < -0.3 is 4.74 Å². The highest BCUT2D eigenvalue weighted by atomic mass is 16.7. The Hall–Kier alpha value is -2.77. The van der Waals surface area contributed by atoms with Gasteiger partial charge in [0, 0.05) is 11.3 Å². The molecule has 26 heavy (non-hydrogen) atoms. The second kappa shape index (κ2) is 9.65. The van der Waals surface area contributed by atoms with Crippen molar-refractivity contribution in [1.82, 2.24) is 0 Å². The van der Waals surface area contributed by atoms with Crippen LogP contribution in [-0.4, -0.2) is 27.6 Å². The summed E-state index contributed by atoms with van der Waals surface area (Å²) < 4.78 is 5.11. The number of nitro groups is 2. The molecule has 0 saturated carbocycles. The van der Waals surface area contributed by atoms with E-state index in [1.807, 2.05) is 6.92 Å². The molecule has 2 unspecified atom stereocenters. The molecule has 1 aromatic carbocycles. The van der Waals surface area contributed by atoms with Crippen LogP contribution in [0.2, 0.25) is 0 Å². The Morgan fingerprint density at radius 1 is 1.23 bits per heavy atom. The molecular weight excluding hydrogens is 340 g/mol. The van der Waals surface area contributed by atoms with Crippen LogP contribution < -0.4 is 0 Å². The number of carbonyl (C=O) groups excluding carboxylic acids is 1. The molecule has 1 aromatic rings. The van der Waals surface area contributed by atoms with Crippen molar-refractivity contribution in [3.63, 3.8) is 0 Å². The first-order valence-corrected chi connectivity index (χ1v) is 8.51. The number of nitrogens with zero attached hydrogens (tertiary/aromatic N) is 2. The maximum Gasteiger partial charge on any atom is 0.429 e. The molecule has 2 atom stereocenters. The number of ether oxygens (including phenoxy) is 1. The third-order valence-electron chi connectivity index (χ3n) is 4.21. The zero-order valence-electron chi connectivity index (χ0n) is 15.2. The molecule has 0 amide bonds. The number of allylic oxidation sites excluding steroid dienone is 1. The van der Waals surface area contributed by atoms with Crippen LogP contribution in [0.5, 0.6) is 0 Å². The molecule has 1 rings (SSSR count). The molecule has 0 aliphatic rings. The van der Waals surface area contributed by atoms with Gasteiger partial charge in [0.15, 0.2) is 0 Å². The van der Waals surface area contributed by atoms with Crippen LogP contribution in [0.15, 0.2) is 36.4 Å².